The van der Waals surface area contributed by atoms with Crippen molar-refractivity contribution in [1.82, 2.24) is 14.1 Å². The first-order valence-corrected chi connectivity index (χ1v) is 7.77. The van der Waals surface area contributed by atoms with Crippen molar-refractivity contribution in [2.24, 2.45) is 13.0 Å². The van der Waals surface area contributed by atoms with E-state index in [9.17, 15) is 9.18 Å². The molecule has 5 nitrogen and oxygen atoms in total. The average molecular weight is 366 g/mol. The van der Waals surface area contributed by atoms with Crippen LogP contribution in [0.3, 0.4) is 0 Å². The Morgan fingerprint density at radius 1 is 1.50 bits per heavy atom. The number of rotatable bonds is 0. The van der Waals surface area contributed by atoms with Gasteiger partial charge in [0.2, 0.25) is 0 Å². The van der Waals surface area contributed by atoms with Crippen LogP contribution in [0.25, 0.3) is 21.9 Å². The number of hydrogen-bond acceptors (Lipinski definition) is 3. The zero-order chi connectivity index (χ0) is 15.6. The van der Waals surface area contributed by atoms with Crippen LogP contribution in [0.2, 0.25) is 0 Å². The summed E-state index contributed by atoms with van der Waals surface area (Å²) in [5, 5.41) is 0.676. The third-order valence-electron chi connectivity index (χ3n) is 4.12. The van der Waals surface area contributed by atoms with Gasteiger partial charge in [0.25, 0.3) is 0 Å². The molecule has 0 fully saturated rings. The van der Waals surface area contributed by atoms with Crippen molar-refractivity contribution in [2.45, 2.75) is 13.5 Å². The molecular weight excluding hydrogens is 353 g/mol. The number of benzene rings is 1. The van der Waals surface area contributed by atoms with Crippen LogP contribution in [0.5, 0.6) is 5.75 Å². The van der Waals surface area contributed by atoms with Gasteiger partial charge in [-0.1, -0.05) is 6.92 Å². The lowest BCUT2D eigenvalue weighted by Gasteiger charge is -2.20. The summed E-state index contributed by atoms with van der Waals surface area (Å²) in [6.45, 7) is 2.97. The summed E-state index contributed by atoms with van der Waals surface area (Å²) in [7, 11) is 1.72. The average Bonchev–Trinajstić information content (AvgIpc) is 2.71. The van der Waals surface area contributed by atoms with Crippen LogP contribution in [0.15, 0.2) is 21.5 Å². The summed E-state index contributed by atoms with van der Waals surface area (Å²) >= 11 is 3.26. The molecule has 22 heavy (non-hydrogen) atoms. The minimum atomic E-state index is -0.424. The molecule has 0 aliphatic carbocycles. The summed E-state index contributed by atoms with van der Waals surface area (Å²) in [5.74, 6) is 0.126. The maximum absolute atomic E-state index is 14.1. The number of aromatic nitrogens is 3. The fraction of sp³-hybridized carbons (Fsp3) is 0.333. The number of aryl methyl sites for hydroxylation is 1. The second-order valence-corrected chi connectivity index (χ2v) is 6.55. The minimum absolute atomic E-state index is 0.0931. The normalized spacial score (nSPS) is 17.7. The maximum Gasteiger partial charge on any atom is 0.328 e. The van der Waals surface area contributed by atoms with E-state index >= 15 is 0 Å². The second-order valence-electron chi connectivity index (χ2n) is 5.76. The highest BCUT2D eigenvalue weighted by molar-refractivity contribution is 9.10. The zero-order valence-electron chi connectivity index (χ0n) is 12.1. The van der Waals surface area contributed by atoms with Crippen molar-refractivity contribution in [1.29, 1.82) is 0 Å². The number of pyridine rings is 1. The summed E-state index contributed by atoms with van der Waals surface area (Å²) in [6, 6.07) is 1.36. The van der Waals surface area contributed by atoms with Crippen LogP contribution in [-0.4, -0.2) is 20.7 Å². The lowest BCUT2D eigenvalue weighted by Crippen LogP contribution is -2.27. The zero-order valence-corrected chi connectivity index (χ0v) is 13.6. The fourth-order valence-corrected chi connectivity index (χ4v) is 3.46. The Kier molecular flexibility index (Phi) is 2.84. The Balaban J connectivity index is 2.32. The molecule has 1 aromatic carbocycles. The molecule has 0 amide bonds. The predicted molar refractivity (Wildman–Crippen MR) is 84.8 cm³/mol. The number of imidazole rings is 1. The van der Waals surface area contributed by atoms with Gasteiger partial charge in [-0.3, -0.25) is 14.1 Å². The van der Waals surface area contributed by atoms with Crippen molar-refractivity contribution >= 4 is 37.9 Å². The van der Waals surface area contributed by atoms with Gasteiger partial charge in [-0.2, -0.15) is 0 Å². The molecule has 1 unspecified atom stereocenters. The minimum Gasteiger partial charge on any atom is -0.491 e. The van der Waals surface area contributed by atoms with Crippen LogP contribution in [0.1, 0.15) is 6.92 Å². The smallest absolute Gasteiger partial charge is 0.328 e. The highest BCUT2D eigenvalue weighted by atomic mass is 79.9. The van der Waals surface area contributed by atoms with E-state index in [1.807, 2.05) is 6.92 Å². The lowest BCUT2D eigenvalue weighted by molar-refractivity contribution is 0.242. The van der Waals surface area contributed by atoms with Gasteiger partial charge in [0.1, 0.15) is 11.6 Å². The first kappa shape index (κ1) is 13.8. The highest BCUT2D eigenvalue weighted by Gasteiger charge is 2.24. The quantitative estimate of drug-likeness (QED) is 0.615. The van der Waals surface area contributed by atoms with Crippen molar-refractivity contribution in [2.75, 3.05) is 6.61 Å². The van der Waals surface area contributed by atoms with Crippen molar-refractivity contribution in [3.05, 3.63) is 33.0 Å². The van der Waals surface area contributed by atoms with Crippen molar-refractivity contribution < 1.29 is 9.13 Å². The first-order chi connectivity index (χ1) is 10.5. The predicted octanol–water partition coefficient (Wildman–Crippen LogP) is 2.82. The Labute approximate surface area is 133 Å². The number of halogens is 2. The third-order valence-corrected chi connectivity index (χ3v) is 4.86. The van der Waals surface area contributed by atoms with Gasteiger partial charge in [-0.25, -0.2) is 9.18 Å². The molecule has 0 radical (unpaired) electrons. The van der Waals surface area contributed by atoms with E-state index < -0.39 is 5.82 Å². The van der Waals surface area contributed by atoms with Gasteiger partial charge in [0.15, 0.2) is 0 Å². The van der Waals surface area contributed by atoms with Crippen molar-refractivity contribution in [3.8, 4) is 5.75 Å². The lowest BCUT2D eigenvalue weighted by atomic mass is 10.1. The molecule has 1 aliphatic heterocycles. The Bertz CT molecular complexity index is 992. The topological polar surface area (TPSA) is 49.1 Å². The second kappa shape index (κ2) is 4.55. The summed E-state index contributed by atoms with van der Waals surface area (Å²) in [5.41, 5.74) is 1.86. The van der Waals surface area contributed by atoms with Crippen LogP contribution in [-0.2, 0) is 13.6 Å². The molecule has 7 heteroatoms. The standard InChI is InChI=1S/C15H13BrFN3O2/c1-7-5-20-13-10(19(2)15(20)21)4-18-9-3-8(17)12(16)14(11(9)13)22-6-7/h3-4,7H,5-6H2,1-2H3. The molecule has 0 N–H and O–H groups in total. The Morgan fingerprint density at radius 2 is 2.27 bits per heavy atom. The van der Waals surface area contributed by atoms with Gasteiger partial charge in [0.05, 0.1) is 39.2 Å². The van der Waals surface area contributed by atoms with E-state index in [0.29, 0.717) is 29.8 Å². The van der Waals surface area contributed by atoms with Crippen LogP contribution < -0.4 is 10.4 Å². The highest BCUT2D eigenvalue weighted by Crippen LogP contribution is 2.40. The van der Waals surface area contributed by atoms with Gasteiger partial charge in [-0.15, -0.1) is 0 Å². The molecule has 0 saturated heterocycles. The van der Waals surface area contributed by atoms with Gasteiger partial charge >= 0.3 is 5.69 Å². The molecule has 0 spiro atoms. The van der Waals surface area contributed by atoms with E-state index in [4.69, 9.17) is 4.74 Å². The van der Waals surface area contributed by atoms with Crippen LogP contribution >= 0.6 is 15.9 Å². The van der Waals surface area contributed by atoms with Gasteiger partial charge in [0, 0.05) is 25.6 Å². The summed E-state index contributed by atoms with van der Waals surface area (Å²) in [6.07, 6.45) is 1.61. The molecule has 3 aromatic rings. The summed E-state index contributed by atoms with van der Waals surface area (Å²) < 4.78 is 23.5. The fourth-order valence-electron chi connectivity index (χ4n) is 3.03. The third kappa shape index (κ3) is 1.68. The monoisotopic (exact) mass is 365 g/mol. The number of ether oxygens (including phenoxy) is 1. The molecule has 114 valence electrons. The Hall–Kier alpha value is -1.89. The first-order valence-electron chi connectivity index (χ1n) is 6.97. The SMILES string of the molecule is CC1COc2c(Br)c(F)cc3ncc4c(c23)n(c(=O)n4C)C1. The molecule has 2 aromatic heterocycles. The molecule has 3 heterocycles. The number of nitrogens with zero attached hydrogens (tertiary/aromatic N) is 3. The van der Waals surface area contributed by atoms with Gasteiger partial charge in [-0.05, 0) is 15.9 Å². The van der Waals surface area contributed by atoms with E-state index in [1.54, 1.807) is 22.4 Å². The molecule has 0 saturated carbocycles. The molecule has 1 aliphatic rings. The van der Waals surface area contributed by atoms with E-state index in [-0.39, 0.29) is 16.1 Å². The molecule has 0 bridgehead atoms. The van der Waals surface area contributed by atoms with Crippen molar-refractivity contribution in [3.63, 3.8) is 0 Å². The van der Waals surface area contributed by atoms with E-state index in [2.05, 4.69) is 20.9 Å². The molecule has 1 atom stereocenters. The maximum atomic E-state index is 14.1. The molecular formula is C15H13BrFN3O2. The van der Waals surface area contributed by atoms with E-state index in [0.717, 1.165) is 11.0 Å². The Morgan fingerprint density at radius 3 is 3.05 bits per heavy atom. The van der Waals surface area contributed by atoms with Crippen LogP contribution in [0.4, 0.5) is 4.39 Å². The molecule has 4 rings (SSSR count). The van der Waals surface area contributed by atoms with Crippen LogP contribution in [0, 0.1) is 11.7 Å². The van der Waals surface area contributed by atoms with Gasteiger partial charge < -0.3 is 4.74 Å². The van der Waals surface area contributed by atoms with E-state index in [1.165, 1.54) is 6.07 Å². The largest absolute Gasteiger partial charge is 0.491 e. The summed E-state index contributed by atoms with van der Waals surface area (Å²) in [4.78, 5) is 16.8. The number of hydrogen-bond donors (Lipinski definition) is 0.